The van der Waals surface area contributed by atoms with E-state index in [1.54, 1.807) is 7.11 Å². The molecule has 0 aliphatic heterocycles. The van der Waals surface area contributed by atoms with E-state index >= 15 is 0 Å². The maximum atomic E-state index is 11.6. The summed E-state index contributed by atoms with van der Waals surface area (Å²) in [6, 6.07) is 8.04. The van der Waals surface area contributed by atoms with E-state index in [2.05, 4.69) is 31.8 Å². The van der Waals surface area contributed by atoms with Crippen LogP contribution in [0.2, 0.25) is 25.2 Å². The van der Waals surface area contributed by atoms with E-state index in [4.69, 9.17) is 8.92 Å². The molecule has 0 radical (unpaired) electrons. The quantitative estimate of drug-likeness (QED) is 0.524. The highest BCUT2D eigenvalue weighted by atomic mass is 32.2. The van der Waals surface area contributed by atoms with Crippen LogP contribution in [0.1, 0.15) is 24.8 Å². The Bertz CT molecular complexity index is 634. The first-order chi connectivity index (χ1) is 10.6. The fourth-order valence-electron chi connectivity index (χ4n) is 3.48. The molecule has 23 heavy (non-hydrogen) atoms. The molecular weight excluding hydrogens is 328 g/mol. The van der Waals surface area contributed by atoms with Gasteiger partial charge in [0, 0.05) is 0 Å². The van der Waals surface area contributed by atoms with E-state index in [9.17, 15) is 8.42 Å². The second-order valence-corrected chi connectivity index (χ2v) is 14.7. The van der Waals surface area contributed by atoms with Crippen molar-refractivity contribution < 1.29 is 17.3 Å². The third-order valence-corrected chi connectivity index (χ3v) is 8.07. The number of aryl methyl sites for hydroxylation is 1. The van der Waals surface area contributed by atoms with Crippen LogP contribution in [-0.4, -0.2) is 35.5 Å². The molecule has 0 N–H and O–H groups in total. The van der Waals surface area contributed by atoms with Crippen LogP contribution in [0.15, 0.2) is 24.3 Å². The number of benzene rings is 1. The molecule has 1 aliphatic carbocycles. The topological polar surface area (TPSA) is 52.6 Å². The van der Waals surface area contributed by atoms with E-state index in [1.807, 2.05) is 12.1 Å². The average Bonchev–Trinajstić information content (AvgIpc) is 3.12. The number of rotatable bonds is 8. The van der Waals surface area contributed by atoms with E-state index in [-0.39, 0.29) is 0 Å². The summed E-state index contributed by atoms with van der Waals surface area (Å²) in [6.07, 6.45) is 4.72. The van der Waals surface area contributed by atoms with Gasteiger partial charge in [0.1, 0.15) is 5.75 Å². The lowest BCUT2D eigenvalue weighted by Gasteiger charge is -2.23. The van der Waals surface area contributed by atoms with Crippen molar-refractivity contribution in [1.29, 1.82) is 0 Å². The van der Waals surface area contributed by atoms with Crippen LogP contribution >= 0.6 is 0 Å². The van der Waals surface area contributed by atoms with Crippen molar-refractivity contribution in [2.45, 2.75) is 56.5 Å². The Morgan fingerprint density at radius 2 is 1.83 bits per heavy atom. The Balaban J connectivity index is 1.97. The maximum absolute atomic E-state index is 11.6. The van der Waals surface area contributed by atoms with Crippen molar-refractivity contribution >= 4 is 18.2 Å². The SMILES string of the molecule is COc1ccc(CCCC2(OS(C)(=O)=O)CC2[Si](C)(C)C)cc1. The van der Waals surface area contributed by atoms with Crippen LogP contribution in [0.4, 0.5) is 0 Å². The van der Waals surface area contributed by atoms with E-state index in [1.165, 1.54) is 5.56 Å². The summed E-state index contributed by atoms with van der Waals surface area (Å²) in [5.74, 6) is 0.853. The Labute approximate surface area is 141 Å². The first-order valence-corrected chi connectivity index (χ1v) is 13.5. The van der Waals surface area contributed by atoms with E-state index in [0.29, 0.717) is 5.54 Å². The van der Waals surface area contributed by atoms with Crippen molar-refractivity contribution in [2.75, 3.05) is 13.4 Å². The first-order valence-electron chi connectivity index (χ1n) is 8.09. The Morgan fingerprint density at radius 3 is 2.26 bits per heavy atom. The van der Waals surface area contributed by atoms with E-state index in [0.717, 1.165) is 37.7 Å². The van der Waals surface area contributed by atoms with Gasteiger partial charge in [0.15, 0.2) is 0 Å². The molecule has 0 spiro atoms. The van der Waals surface area contributed by atoms with Crippen LogP contribution in [0, 0.1) is 0 Å². The Morgan fingerprint density at radius 1 is 1.22 bits per heavy atom. The predicted octanol–water partition coefficient (Wildman–Crippen LogP) is 3.85. The minimum Gasteiger partial charge on any atom is -0.497 e. The molecular formula is C17H28O4SSi. The molecule has 0 heterocycles. The summed E-state index contributed by atoms with van der Waals surface area (Å²) in [4.78, 5) is 0. The molecule has 0 bridgehead atoms. The molecule has 0 amide bonds. The molecule has 1 aliphatic rings. The van der Waals surface area contributed by atoms with Gasteiger partial charge in [-0.2, -0.15) is 8.42 Å². The zero-order valence-electron chi connectivity index (χ0n) is 14.8. The van der Waals surface area contributed by atoms with Crippen LogP contribution < -0.4 is 4.74 Å². The third-order valence-electron chi connectivity index (χ3n) is 4.61. The highest BCUT2D eigenvalue weighted by molar-refractivity contribution is 7.86. The van der Waals surface area contributed by atoms with Crippen LogP contribution in [0.5, 0.6) is 5.75 Å². The van der Waals surface area contributed by atoms with Crippen LogP contribution in [0.3, 0.4) is 0 Å². The smallest absolute Gasteiger partial charge is 0.264 e. The predicted molar refractivity (Wildman–Crippen MR) is 96.3 cm³/mol. The normalized spacial score (nSPS) is 24.5. The highest BCUT2D eigenvalue weighted by Crippen LogP contribution is 2.61. The fourth-order valence-corrected chi connectivity index (χ4v) is 7.17. The summed E-state index contributed by atoms with van der Waals surface area (Å²) in [5.41, 5.74) is 1.23. The van der Waals surface area contributed by atoms with Crippen LogP contribution in [0.25, 0.3) is 0 Å². The van der Waals surface area contributed by atoms with Gasteiger partial charge in [-0.15, -0.1) is 0 Å². The molecule has 6 heteroatoms. The highest BCUT2D eigenvalue weighted by Gasteiger charge is 2.61. The molecule has 4 nitrogen and oxygen atoms in total. The summed E-state index contributed by atoms with van der Waals surface area (Å²) >= 11 is 0. The molecule has 0 saturated heterocycles. The number of hydrogen-bond acceptors (Lipinski definition) is 4. The average molecular weight is 357 g/mol. The van der Waals surface area contributed by atoms with Gasteiger partial charge in [-0.05, 0) is 48.9 Å². The molecule has 130 valence electrons. The molecule has 1 saturated carbocycles. The van der Waals surface area contributed by atoms with Gasteiger partial charge in [0.2, 0.25) is 0 Å². The van der Waals surface area contributed by atoms with Crippen molar-refractivity contribution in [3.05, 3.63) is 29.8 Å². The molecule has 1 aromatic rings. The third kappa shape index (κ3) is 5.06. The number of methoxy groups -OCH3 is 1. The van der Waals surface area contributed by atoms with Crippen molar-refractivity contribution in [2.24, 2.45) is 0 Å². The van der Waals surface area contributed by atoms with Gasteiger partial charge in [-0.25, -0.2) is 0 Å². The molecule has 1 aromatic carbocycles. The van der Waals surface area contributed by atoms with Gasteiger partial charge in [0.05, 0.1) is 27.0 Å². The zero-order valence-corrected chi connectivity index (χ0v) is 16.6. The van der Waals surface area contributed by atoms with Gasteiger partial charge in [0.25, 0.3) is 10.1 Å². The molecule has 1 fully saturated rings. The lowest BCUT2D eigenvalue weighted by atomic mass is 10.0. The Hall–Kier alpha value is -0.853. The first kappa shape index (κ1) is 18.5. The van der Waals surface area contributed by atoms with Gasteiger partial charge < -0.3 is 4.74 Å². The lowest BCUT2D eigenvalue weighted by molar-refractivity contribution is 0.174. The number of ether oxygens (including phenoxy) is 1. The number of hydrogen-bond donors (Lipinski definition) is 0. The largest absolute Gasteiger partial charge is 0.497 e. The molecule has 2 atom stereocenters. The molecule has 0 aromatic heterocycles. The van der Waals surface area contributed by atoms with Gasteiger partial charge in [-0.3, -0.25) is 4.18 Å². The minimum atomic E-state index is -3.41. The van der Waals surface area contributed by atoms with E-state index < -0.39 is 23.8 Å². The second-order valence-electron chi connectivity index (χ2n) is 7.68. The minimum absolute atomic E-state index is 0.431. The molecule has 2 unspecified atom stereocenters. The fraction of sp³-hybridized carbons (Fsp3) is 0.647. The van der Waals surface area contributed by atoms with Crippen molar-refractivity contribution in [1.82, 2.24) is 0 Å². The molecule has 2 rings (SSSR count). The summed E-state index contributed by atoms with van der Waals surface area (Å²) in [5, 5.41) is 0. The monoisotopic (exact) mass is 356 g/mol. The lowest BCUT2D eigenvalue weighted by Crippen LogP contribution is -2.30. The summed E-state index contributed by atoms with van der Waals surface area (Å²) in [6.45, 7) is 6.86. The second kappa shape index (κ2) is 6.57. The van der Waals surface area contributed by atoms with Crippen LogP contribution in [-0.2, 0) is 20.7 Å². The summed E-state index contributed by atoms with van der Waals surface area (Å²) in [7, 11) is -3.16. The zero-order chi connectivity index (χ0) is 17.3. The van der Waals surface area contributed by atoms with Crippen molar-refractivity contribution in [3.63, 3.8) is 0 Å². The van der Waals surface area contributed by atoms with Gasteiger partial charge in [-0.1, -0.05) is 31.8 Å². The Kier molecular flexibility index (Phi) is 5.28. The van der Waals surface area contributed by atoms with Gasteiger partial charge >= 0.3 is 0 Å². The summed E-state index contributed by atoms with van der Waals surface area (Å²) < 4.78 is 34.0. The standard InChI is InChI=1S/C17H28O4SSi/c1-20-15-10-8-14(9-11-15)7-6-12-17(21-22(2,18)19)13-16(17)23(3,4)5/h8-11,16H,6-7,12-13H2,1-5H3. The maximum Gasteiger partial charge on any atom is 0.264 e. The van der Waals surface area contributed by atoms with Crippen molar-refractivity contribution in [3.8, 4) is 5.75 Å².